The van der Waals surface area contributed by atoms with Gasteiger partial charge < -0.3 is 10.1 Å². The molecule has 0 saturated carbocycles. The van der Waals surface area contributed by atoms with Crippen LogP contribution in [-0.4, -0.2) is 25.3 Å². The van der Waals surface area contributed by atoms with E-state index in [9.17, 15) is 0 Å². The molecular weight excluding hydrogens is 222 g/mol. The first kappa shape index (κ1) is 16.0. The van der Waals surface area contributed by atoms with Crippen molar-refractivity contribution < 1.29 is 4.74 Å². The Bertz CT molecular complexity index is 184. The number of unbranched alkanes of at least 4 members (excludes halogenated alkanes) is 7. The normalized spacial score (nSPS) is 23.7. The van der Waals surface area contributed by atoms with Crippen molar-refractivity contribution in [3.63, 3.8) is 0 Å². The summed E-state index contributed by atoms with van der Waals surface area (Å²) < 4.78 is 5.78. The van der Waals surface area contributed by atoms with Gasteiger partial charge in [-0.25, -0.2) is 0 Å². The van der Waals surface area contributed by atoms with Gasteiger partial charge >= 0.3 is 0 Å². The van der Waals surface area contributed by atoms with E-state index in [1.165, 1.54) is 70.8 Å². The molecule has 0 aromatic rings. The van der Waals surface area contributed by atoms with Crippen LogP contribution in [0.15, 0.2) is 0 Å². The SMILES string of the molecule is CCCCCCCCCCNCC1CCC(C)O1. The first-order valence-electron chi connectivity index (χ1n) is 8.19. The smallest absolute Gasteiger partial charge is 0.0704 e. The van der Waals surface area contributed by atoms with E-state index >= 15 is 0 Å². The van der Waals surface area contributed by atoms with Gasteiger partial charge in [-0.15, -0.1) is 0 Å². The zero-order chi connectivity index (χ0) is 13.1. The average Bonchev–Trinajstić information content (AvgIpc) is 2.77. The van der Waals surface area contributed by atoms with Crippen LogP contribution >= 0.6 is 0 Å². The van der Waals surface area contributed by atoms with Crippen LogP contribution in [0.1, 0.15) is 78.1 Å². The maximum atomic E-state index is 5.78. The van der Waals surface area contributed by atoms with Crippen molar-refractivity contribution in [2.45, 2.75) is 90.3 Å². The molecule has 1 rings (SSSR count). The zero-order valence-electron chi connectivity index (χ0n) is 12.5. The number of nitrogens with one attached hydrogen (secondary N) is 1. The Kier molecular flexibility index (Phi) is 9.59. The van der Waals surface area contributed by atoms with Gasteiger partial charge in [0, 0.05) is 6.54 Å². The third-order valence-electron chi connectivity index (χ3n) is 3.90. The molecule has 108 valence electrons. The molecule has 1 saturated heterocycles. The number of hydrogen-bond donors (Lipinski definition) is 1. The van der Waals surface area contributed by atoms with Crippen molar-refractivity contribution in [2.75, 3.05) is 13.1 Å². The van der Waals surface area contributed by atoms with Gasteiger partial charge in [0.2, 0.25) is 0 Å². The fourth-order valence-electron chi connectivity index (χ4n) is 2.68. The molecule has 0 amide bonds. The van der Waals surface area contributed by atoms with Crippen LogP contribution in [0.3, 0.4) is 0 Å². The maximum Gasteiger partial charge on any atom is 0.0704 e. The highest BCUT2D eigenvalue weighted by molar-refractivity contribution is 4.72. The van der Waals surface area contributed by atoms with E-state index in [1.54, 1.807) is 0 Å². The van der Waals surface area contributed by atoms with Crippen molar-refractivity contribution in [1.82, 2.24) is 5.32 Å². The van der Waals surface area contributed by atoms with Gasteiger partial charge in [-0.3, -0.25) is 0 Å². The van der Waals surface area contributed by atoms with E-state index in [-0.39, 0.29) is 0 Å². The summed E-state index contributed by atoms with van der Waals surface area (Å²) in [7, 11) is 0. The molecule has 0 bridgehead atoms. The van der Waals surface area contributed by atoms with Gasteiger partial charge in [0.05, 0.1) is 12.2 Å². The quantitative estimate of drug-likeness (QED) is 0.556. The summed E-state index contributed by atoms with van der Waals surface area (Å²) in [6.45, 7) is 6.68. The standard InChI is InChI=1S/C16H33NO/c1-3-4-5-6-7-8-9-10-13-17-14-16-12-11-15(2)18-16/h15-17H,3-14H2,1-2H3. The number of ether oxygens (including phenoxy) is 1. The summed E-state index contributed by atoms with van der Waals surface area (Å²) in [5.74, 6) is 0. The lowest BCUT2D eigenvalue weighted by Crippen LogP contribution is -2.27. The lowest BCUT2D eigenvalue weighted by atomic mass is 10.1. The second kappa shape index (κ2) is 10.8. The summed E-state index contributed by atoms with van der Waals surface area (Å²) in [5, 5.41) is 3.53. The fraction of sp³-hybridized carbons (Fsp3) is 1.00. The van der Waals surface area contributed by atoms with Crippen LogP contribution in [-0.2, 0) is 4.74 Å². The van der Waals surface area contributed by atoms with Crippen LogP contribution in [0, 0.1) is 0 Å². The van der Waals surface area contributed by atoms with Crippen molar-refractivity contribution in [2.24, 2.45) is 0 Å². The van der Waals surface area contributed by atoms with E-state index in [0.29, 0.717) is 12.2 Å². The van der Waals surface area contributed by atoms with E-state index < -0.39 is 0 Å². The number of rotatable bonds is 11. The van der Waals surface area contributed by atoms with Crippen molar-refractivity contribution in [3.05, 3.63) is 0 Å². The van der Waals surface area contributed by atoms with Crippen molar-refractivity contribution >= 4 is 0 Å². The topological polar surface area (TPSA) is 21.3 Å². The van der Waals surface area contributed by atoms with E-state index in [0.717, 1.165) is 6.54 Å². The molecule has 1 N–H and O–H groups in total. The molecule has 2 unspecified atom stereocenters. The maximum absolute atomic E-state index is 5.78. The lowest BCUT2D eigenvalue weighted by Gasteiger charge is -2.12. The fourth-order valence-corrected chi connectivity index (χ4v) is 2.68. The minimum Gasteiger partial charge on any atom is -0.374 e. The van der Waals surface area contributed by atoms with Gasteiger partial charge in [0.1, 0.15) is 0 Å². The Morgan fingerprint density at radius 1 is 0.944 bits per heavy atom. The zero-order valence-corrected chi connectivity index (χ0v) is 12.5. The van der Waals surface area contributed by atoms with Gasteiger partial charge in [0.15, 0.2) is 0 Å². The predicted molar refractivity (Wildman–Crippen MR) is 79.0 cm³/mol. The monoisotopic (exact) mass is 255 g/mol. The second-order valence-corrected chi connectivity index (χ2v) is 5.83. The van der Waals surface area contributed by atoms with E-state index in [1.807, 2.05) is 0 Å². The van der Waals surface area contributed by atoms with Crippen LogP contribution in [0.2, 0.25) is 0 Å². The Morgan fingerprint density at radius 2 is 1.61 bits per heavy atom. The molecule has 1 heterocycles. The molecule has 0 radical (unpaired) electrons. The van der Waals surface area contributed by atoms with Crippen LogP contribution in [0.5, 0.6) is 0 Å². The minimum absolute atomic E-state index is 0.481. The minimum atomic E-state index is 0.481. The average molecular weight is 255 g/mol. The summed E-state index contributed by atoms with van der Waals surface area (Å²) in [6.07, 6.45) is 14.7. The third-order valence-corrected chi connectivity index (χ3v) is 3.90. The third kappa shape index (κ3) is 8.10. The second-order valence-electron chi connectivity index (χ2n) is 5.83. The van der Waals surface area contributed by atoms with E-state index in [2.05, 4.69) is 19.2 Å². The van der Waals surface area contributed by atoms with E-state index in [4.69, 9.17) is 4.74 Å². The molecule has 1 aliphatic heterocycles. The Hall–Kier alpha value is -0.0800. The molecule has 0 aromatic carbocycles. The summed E-state index contributed by atoms with van der Waals surface area (Å²) >= 11 is 0. The largest absolute Gasteiger partial charge is 0.374 e. The molecule has 2 heteroatoms. The van der Waals surface area contributed by atoms with Crippen molar-refractivity contribution in [1.29, 1.82) is 0 Å². The van der Waals surface area contributed by atoms with Gasteiger partial charge in [-0.1, -0.05) is 51.9 Å². The Morgan fingerprint density at radius 3 is 2.22 bits per heavy atom. The van der Waals surface area contributed by atoms with Gasteiger partial charge in [-0.2, -0.15) is 0 Å². The van der Waals surface area contributed by atoms with Gasteiger partial charge in [0.25, 0.3) is 0 Å². The highest BCUT2D eigenvalue weighted by atomic mass is 16.5. The number of hydrogen-bond acceptors (Lipinski definition) is 2. The molecular formula is C16H33NO. The first-order chi connectivity index (χ1) is 8.83. The highest BCUT2D eigenvalue weighted by Crippen LogP contribution is 2.18. The van der Waals surface area contributed by atoms with Gasteiger partial charge in [-0.05, 0) is 32.7 Å². The van der Waals surface area contributed by atoms with Crippen LogP contribution in [0.4, 0.5) is 0 Å². The highest BCUT2D eigenvalue weighted by Gasteiger charge is 2.20. The Balaban J connectivity index is 1.73. The predicted octanol–water partition coefficient (Wildman–Crippen LogP) is 4.28. The molecule has 2 nitrogen and oxygen atoms in total. The van der Waals surface area contributed by atoms with Crippen LogP contribution in [0.25, 0.3) is 0 Å². The molecule has 0 spiro atoms. The van der Waals surface area contributed by atoms with Crippen molar-refractivity contribution in [3.8, 4) is 0 Å². The molecule has 0 aromatic heterocycles. The molecule has 1 fully saturated rings. The first-order valence-corrected chi connectivity index (χ1v) is 8.19. The lowest BCUT2D eigenvalue weighted by molar-refractivity contribution is 0.0561. The summed E-state index contributed by atoms with van der Waals surface area (Å²) in [5.41, 5.74) is 0. The molecule has 2 atom stereocenters. The summed E-state index contributed by atoms with van der Waals surface area (Å²) in [4.78, 5) is 0. The molecule has 1 aliphatic rings. The Labute approximate surface area is 114 Å². The summed E-state index contributed by atoms with van der Waals surface area (Å²) in [6, 6.07) is 0. The van der Waals surface area contributed by atoms with Crippen LogP contribution < -0.4 is 5.32 Å². The molecule has 18 heavy (non-hydrogen) atoms. The molecule has 0 aliphatic carbocycles.